The van der Waals surface area contributed by atoms with Crippen LogP contribution in [0.4, 0.5) is 0 Å². The first-order valence-electron chi connectivity index (χ1n) is 11.8. The molecule has 3 aromatic carbocycles. The summed E-state index contributed by atoms with van der Waals surface area (Å²) >= 11 is 0. The first-order valence-corrected chi connectivity index (χ1v) is 11.8. The summed E-state index contributed by atoms with van der Waals surface area (Å²) in [5.41, 5.74) is 3.05. The number of nitrogens with zero attached hydrogens (tertiary/aromatic N) is 1. The van der Waals surface area contributed by atoms with Gasteiger partial charge in [-0.3, -0.25) is 9.59 Å². The van der Waals surface area contributed by atoms with Gasteiger partial charge in [-0.05, 0) is 44.0 Å². The van der Waals surface area contributed by atoms with Crippen molar-refractivity contribution in [3.63, 3.8) is 0 Å². The van der Waals surface area contributed by atoms with E-state index in [0.717, 1.165) is 16.7 Å². The van der Waals surface area contributed by atoms with E-state index in [1.165, 1.54) is 0 Å². The first-order chi connectivity index (χ1) is 16.9. The van der Waals surface area contributed by atoms with Crippen molar-refractivity contribution in [2.75, 3.05) is 13.7 Å². The van der Waals surface area contributed by atoms with Gasteiger partial charge in [-0.25, -0.2) is 0 Å². The highest BCUT2D eigenvalue weighted by atomic mass is 16.5. The van der Waals surface area contributed by atoms with Gasteiger partial charge >= 0.3 is 0 Å². The highest BCUT2D eigenvalue weighted by Crippen LogP contribution is 2.26. The van der Waals surface area contributed by atoms with Crippen LogP contribution in [0.5, 0.6) is 11.5 Å². The number of carbonyl (C=O) groups is 2. The molecule has 0 saturated heterocycles. The smallest absolute Gasteiger partial charge is 0.261 e. The quantitative estimate of drug-likeness (QED) is 0.443. The number of carbonyl (C=O) groups excluding carboxylic acids is 2. The summed E-state index contributed by atoms with van der Waals surface area (Å²) in [5.74, 6) is 0.548. The van der Waals surface area contributed by atoms with Crippen LogP contribution in [0.25, 0.3) is 0 Å². The molecule has 0 aromatic heterocycles. The standard InChI is InChI=1S/C29H34N2O4/c1-21(2)30-29(33)25(18-23-10-6-5-7-11-23)31(19-24-16-14-22(3)15-17-24)28(32)20-35-27-13-9-8-12-26(27)34-4/h5-17,21,25H,18-20H2,1-4H3,(H,30,33)/t25-/m1/s1. The maximum absolute atomic E-state index is 13.6. The Balaban J connectivity index is 1.91. The number of para-hydroxylation sites is 2. The van der Waals surface area contributed by atoms with Crippen LogP contribution in [0.1, 0.15) is 30.5 Å². The minimum atomic E-state index is -0.699. The topological polar surface area (TPSA) is 67.9 Å². The average Bonchev–Trinajstić information content (AvgIpc) is 2.86. The van der Waals surface area contributed by atoms with Gasteiger partial charge in [0, 0.05) is 19.0 Å². The number of methoxy groups -OCH3 is 1. The fourth-order valence-corrected chi connectivity index (χ4v) is 3.79. The second-order valence-electron chi connectivity index (χ2n) is 8.82. The van der Waals surface area contributed by atoms with Gasteiger partial charge in [0.2, 0.25) is 5.91 Å². The Hall–Kier alpha value is -3.80. The number of nitrogens with one attached hydrogen (secondary N) is 1. The zero-order valence-electron chi connectivity index (χ0n) is 20.9. The van der Waals surface area contributed by atoms with Gasteiger partial charge in [-0.1, -0.05) is 72.3 Å². The minimum absolute atomic E-state index is 0.0538. The summed E-state index contributed by atoms with van der Waals surface area (Å²) in [6.07, 6.45) is 0.394. The van der Waals surface area contributed by atoms with Crippen molar-refractivity contribution in [2.24, 2.45) is 0 Å². The number of hydrogen-bond donors (Lipinski definition) is 1. The molecule has 6 heteroatoms. The van der Waals surface area contributed by atoms with Gasteiger partial charge in [0.1, 0.15) is 6.04 Å². The summed E-state index contributed by atoms with van der Waals surface area (Å²) in [7, 11) is 1.56. The van der Waals surface area contributed by atoms with Crippen LogP contribution < -0.4 is 14.8 Å². The van der Waals surface area contributed by atoms with Crippen LogP contribution in [0, 0.1) is 6.92 Å². The van der Waals surface area contributed by atoms with Crippen LogP contribution in [-0.4, -0.2) is 42.5 Å². The maximum atomic E-state index is 13.6. The lowest BCUT2D eigenvalue weighted by molar-refractivity contribution is -0.143. The average molecular weight is 475 g/mol. The van der Waals surface area contributed by atoms with Crippen LogP contribution in [0.3, 0.4) is 0 Å². The van der Waals surface area contributed by atoms with Crippen molar-refractivity contribution in [2.45, 2.75) is 45.8 Å². The largest absolute Gasteiger partial charge is 0.493 e. The second-order valence-corrected chi connectivity index (χ2v) is 8.82. The predicted molar refractivity (Wildman–Crippen MR) is 137 cm³/mol. The SMILES string of the molecule is COc1ccccc1OCC(=O)N(Cc1ccc(C)cc1)[C@H](Cc1ccccc1)C(=O)NC(C)C. The second kappa shape index (κ2) is 12.6. The zero-order chi connectivity index (χ0) is 25.2. The number of aryl methyl sites for hydroxylation is 1. The monoisotopic (exact) mass is 474 g/mol. The molecule has 3 rings (SSSR count). The lowest BCUT2D eigenvalue weighted by Crippen LogP contribution is -2.52. The molecule has 0 aliphatic rings. The van der Waals surface area contributed by atoms with Gasteiger partial charge < -0.3 is 19.7 Å². The number of benzene rings is 3. The molecule has 35 heavy (non-hydrogen) atoms. The molecule has 1 N–H and O–H groups in total. The van der Waals surface area contributed by atoms with Gasteiger partial charge in [0.25, 0.3) is 5.91 Å². The molecule has 3 aromatic rings. The number of amides is 2. The summed E-state index contributed by atoms with van der Waals surface area (Å²) < 4.78 is 11.2. The molecular formula is C29H34N2O4. The molecule has 0 fully saturated rings. The minimum Gasteiger partial charge on any atom is -0.493 e. The molecule has 0 bridgehead atoms. The number of hydrogen-bond acceptors (Lipinski definition) is 4. The summed E-state index contributed by atoms with van der Waals surface area (Å²) in [6, 6.07) is 24.1. The molecule has 2 amide bonds. The van der Waals surface area contributed by atoms with E-state index in [-0.39, 0.29) is 31.0 Å². The normalized spacial score (nSPS) is 11.6. The Morgan fingerprint density at radius 3 is 2.11 bits per heavy atom. The van der Waals surface area contributed by atoms with Gasteiger partial charge in [0.05, 0.1) is 7.11 Å². The van der Waals surface area contributed by atoms with Crippen LogP contribution in [-0.2, 0) is 22.6 Å². The van der Waals surface area contributed by atoms with Crippen LogP contribution in [0.15, 0.2) is 78.9 Å². The lowest BCUT2D eigenvalue weighted by Gasteiger charge is -2.32. The van der Waals surface area contributed by atoms with Crippen molar-refractivity contribution < 1.29 is 19.1 Å². The fraction of sp³-hybridized carbons (Fsp3) is 0.310. The van der Waals surface area contributed by atoms with E-state index >= 15 is 0 Å². The van der Waals surface area contributed by atoms with Crippen LogP contribution in [0.2, 0.25) is 0 Å². The van der Waals surface area contributed by atoms with E-state index in [1.54, 1.807) is 24.1 Å². The Morgan fingerprint density at radius 1 is 0.857 bits per heavy atom. The Bertz CT molecular complexity index is 1100. The molecule has 0 radical (unpaired) electrons. The molecule has 0 unspecified atom stereocenters. The molecule has 0 saturated carbocycles. The van der Waals surface area contributed by atoms with E-state index in [9.17, 15) is 9.59 Å². The molecule has 0 heterocycles. The van der Waals surface area contributed by atoms with Gasteiger partial charge in [-0.15, -0.1) is 0 Å². The summed E-state index contributed by atoms with van der Waals surface area (Å²) in [5, 5.41) is 2.99. The summed E-state index contributed by atoms with van der Waals surface area (Å²) in [4.78, 5) is 28.6. The maximum Gasteiger partial charge on any atom is 0.261 e. The van der Waals surface area contributed by atoms with E-state index in [2.05, 4.69) is 5.32 Å². The molecular weight excluding hydrogens is 440 g/mol. The van der Waals surface area contributed by atoms with E-state index < -0.39 is 6.04 Å². The van der Waals surface area contributed by atoms with E-state index in [1.807, 2.05) is 87.5 Å². The molecule has 0 spiro atoms. The van der Waals surface area contributed by atoms with Gasteiger partial charge in [-0.2, -0.15) is 0 Å². The van der Waals surface area contributed by atoms with E-state index in [4.69, 9.17) is 9.47 Å². The third-order valence-corrected chi connectivity index (χ3v) is 5.60. The highest BCUT2D eigenvalue weighted by molar-refractivity contribution is 5.88. The van der Waals surface area contributed by atoms with Crippen LogP contribution >= 0.6 is 0 Å². The van der Waals surface area contributed by atoms with Crippen molar-refractivity contribution in [3.8, 4) is 11.5 Å². The number of ether oxygens (including phenoxy) is 2. The zero-order valence-corrected chi connectivity index (χ0v) is 20.9. The highest BCUT2D eigenvalue weighted by Gasteiger charge is 2.31. The van der Waals surface area contributed by atoms with Crippen molar-refractivity contribution >= 4 is 11.8 Å². The molecule has 0 aliphatic carbocycles. The van der Waals surface area contributed by atoms with Crippen molar-refractivity contribution in [1.82, 2.24) is 10.2 Å². The fourth-order valence-electron chi connectivity index (χ4n) is 3.79. The molecule has 0 aliphatic heterocycles. The first kappa shape index (κ1) is 25.8. The van der Waals surface area contributed by atoms with E-state index in [0.29, 0.717) is 17.9 Å². The Labute approximate surface area is 207 Å². The predicted octanol–water partition coefficient (Wildman–Crippen LogP) is 4.55. The lowest BCUT2D eigenvalue weighted by atomic mass is 10.0. The molecule has 6 nitrogen and oxygen atoms in total. The molecule has 1 atom stereocenters. The third kappa shape index (κ3) is 7.60. The van der Waals surface area contributed by atoms with Gasteiger partial charge in [0.15, 0.2) is 18.1 Å². The van der Waals surface area contributed by atoms with Crippen molar-refractivity contribution in [1.29, 1.82) is 0 Å². The molecule has 184 valence electrons. The third-order valence-electron chi connectivity index (χ3n) is 5.60. The Morgan fingerprint density at radius 2 is 1.49 bits per heavy atom. The summed E-state index contributed by atoms with van der Waals surface area (Å²) in [6.45, 7) is 5.91. The van der Waals surface area contributed by atoms with Crippen molar-refractivity contribution in [3.05, 3.63) is 95.6 Å². The Kier molecular flexibility index (Phi) is 9.30. The number of rotatable bonds is 11.